The first-order chi connectivity index (χ1) is 11.7. The highest BCUT2D eigenvalue weighted by Crippen LogP contribution is 2.45. The van der Waals surface area contributed by atoms with E-state index in [0.717, 1.165) is 42.3 Å². The van der Waals surface area contributed by atoms with E-state index in [1.807, 2.05) is 19.1 Å². The average molecular weight is 328 g/mol. The van der Waals surface area contributed by atoms with E-state index in [1.165, 1.54) is 12.5 Å². The molecular formula is C18H21FN4O. The lowest BCUT2D eigenvalue weighted by molar-refractivity contribution is 0.321. The van der Waals surface area contributed by atoms with Crippen molar-refractivity contribution >= 4 is 11.8 Å². The quantitative estimate of drug-likeness (QED) is 0.883. The van der Waals surface area contributed by atoms with Crippen LogP contribution in [-0.4, -0.2) is 29.7 Å². The molecule has 1 aromatic heterocycles. The van der Waals surface area contributed by atoms with Gasteiger partial charge in [-0.15, -0.1) is 0 Å². The normalized spacial score (nSPS) is 21.5. The molecule has 2 aromatic rings. The minimum Gasteiger partial charge on any atom is -0.491 e. The Balaban J connectivity index is 1.39. The monoisotopic (exact) mass is 328 g/mol. The molecule has 2 aliphatic rings. The smallest absolute Gasteiger partial charge is 0.227 e. The first kappa shape index (κ1) is 15.2. The zero-order valence-corrected chi connectivity index (χ0v) is 13.7. The zero-order chi connectivity index (χ0) is 16.5. The van der Waals surface area contributed by atoms with Crippen LogP contribution >= 0.6 is 0 Å². The molecule has 0 bridgehead atoms. The molecule has 2 fully saturated rings. The standard InChI is InChI=1S/C18H21FN4O/c1-2-24-16-4-3-12(7-15(16)19)9-21-17-5-6-20-18(22-17)23-10-13-8-14(13)11-23/h3-7,13-14H,2,8-11H2,1H3,(H,20,21,22). The number of rotatable bonds is 6. The molecule has 2 unspecified atom stereocenters. The van der Waals surface area contributed by atoms with Crippen molar-refractivity contribution in [1.82, 2.24) is 9.97 Å². The Labute approximate surface area is 140 Å². The van der Waals surface area contributed by atoms with E-state index < -0.39 is 0 Å². The van der Waals surface area contributed by atoms with Gasteiger partial charge in [0, 0.05) is 25.8 Å². The van der Waals surface area contributed by atoms with Gasteiger partial charge >= 0.3 is 0 Å². The Morgan fingerprint density at radius 2 is 2.12 bits per heavy atom. The lowest BCUT2D eigenvalue weighted by Crippen LogP contribution is -2.24. The van der Waals surface area contributed by atoms with Crippen molar-refractivity contribution in [2.75, 3.05) is 29.9 Å². The number of hydrogen-bond donors (Lipinski definition) is 1. The molecule has 24 heavy (non-hydrogen) atoms. The summed E-state index contributed by atoms with van der Waals surface area (Å²) in [4.78, 5) is 11.2. The van der Waals surface area contributed by atoms with Crippen LogP contribution < -0.4 is 15.0 Å². The Bertz CT molecular complexity index is 729. The Hall–Kier alpha value is -2.37. The van der Waals surface area contributed by atoms with Gasteiger partial charge in [-0.2, -0.15) is 4.98 Å². The Morgan fingerprint density at radius 3 is 2.88 bits per heavy atom. The van der Waals surface area contributed by atoms with Crippen LogP contribution in [-0.2, 0) is 6.54 Å². The Kier molecular flexibility index (Phi) is 3.96. The summed E-state index contributed by atoms with van der Waals surface area (Å²) < 4.78 is 19.1. The van der Waals surface area contributed by atoms with Gasteiger partial charge in [-0.25, -0.2) is 9.37 Å². The molecule has 5 nitrogen and oxygen atoms in total. The van der Waals surface area contributed by atoms with Crippen LogP contribution in [0.5, 0.6) is 5.75 Å². The van der Waals surface area contributed by atoms with Crippen LogP contribution in [0.15, 0.2) is 30.5 Å². The molecule has 1 aromatic carbocycles. The molecule has 0 amide bonds. The van der Waals surface area contributed by atoms with Gasteiger partial charge in [0.25, 0.3) is 0 Å². The Morgan fingerprint density at radius 1 is 1.29 bits per heavy atom. The second-order valence-electron chi connectivity index (χ2n) is 6.45. The first-order valence-corrected chi connectivity index (χ1v) is 8.46. The molecule has 0 spiro atoms. The predicted molar refractivity (Wildman–Crippen MR) is 90.7 cm³/mol. The minimum atomic E-state index is -0.337. The van der Waals surface area contributed by atoms with Gasteiger partial charge in [-0.3, -0.25) is 0 Å². The number of ether oxygens (including phenoxy) is 1. The number of anilines is 2. The molecule has 126 valence electrons. The molecule has 1 saturated carbocycles. The van der Waals surface area contributed by atoms with Crippen molar-refractivity contribution in [1.29, 1.82) is 0 Å². The number of benzene rings is 1. The van der Waals surface area contributed by atoms with Gasteiger partial charge in [0.15, 0.2) is 11.6 Å². The number of halogens is 1. The molecule has 2 heterocycles. The first-order valence-electron chi connectivity index (χ1n) is 8.46. The van der Waals surface area contributed by atoms with E-state index in [1.54, 1.807) is 12.3 Å². The molecule has 2 atom stereocenters. The lowest BCUT2D eigenvalue weighted by atomic mass is 10.2. The second kappa shape index (κ2) is 6.26. The molecule has 0 radical (unpaired) electrons. The largest absolute Gasteiger partial charge is 0.491 e. The summed E-state index contributed by atoms with van der Waals surface area (Å²) in [6.45, 7) is 4.93. The molecule has 1 aliphatic carbocycles. The number of piperidine rings is 1. The number of hydrogen-bond acceptors (Lipinski definition) is 5. The molecule has 4 rings (SSSR count). The third kappa shape index (κ3) is 3.13. The maximum atomic E-state index is 13.9. The molecule has 1 N–H and O–H groups in total. The summed E-state index contributed by atoms with van der Waals surface area (Å²) in [5.41, 5.74) is 0.846. The van der Waals surface area contributed by atoms with Crippen LogP contribution in [0.1, 0.15) is 18.9 Å². The van der Waals surface area contributed by atoms with E-state index >= 15 is 0 Å². The van der Waals surface area contributed by atoms with Crippen molar-refractivity contribution in [2.45, 2.75) is 19.9 Å². The summed E-state index contributed by atoms with van der Waals surface area (Å²) in [5.74, 6) is 3.18. The summed E-state index contributed by atoms with van der Waals surface area (Å²) in [7, 11) is 0. The highest BCUT2D eigenvalue weighted by Gasteiger charge is 2.45. The van der Waals surface area contributed by atoms with Crippen LogP contribution in [0.2, 0.25) is 0 Å². The molecule has 6 heteroatoms. The van der Waals surface area contributed by atoms with Crippen molar-refractivity contribution < 1.29 is 9.13 Å². The molecule has 1 saturated heterocycles. The lowest BCUT2D eigenvalue weighted by Gasteiger charge is -2.18. The summed E-state index contributed by atoms with van der Waals surface area (Å²) in [6.07, 6.45) is 3.13. The fourth-order valence-corrected chi connectivity index (χ4v) is 3.28. The van der Waals surface area contributed by atoms with Crippen molar-refractivity contribution in [2.24, 2.45) is 11.8 Å². The molecular weight excluding hydrogens is 307 g/mol. The van der Waals surface area contributed by atoms with Crippen LogP contribution in [0.4, 0.5) is 16.2 Å². The maximum Gasteiger partial charge on any atom is 0.227 e. The van der Waals surface area contributed by atoms with E-state index in [-0.39, 0.29) is 11.6 Å². The van der Waals surface area contributed by atoms with Crippen molar-refractivity contribution in [3.05, 3.63) is 41.8 Å². The topological polar surface area (TPSA) is 50.3 Å². The minimum absolute atomic E-state index is 0.290. The summed E-state index contributed by atoms with van der Waals surface area (Å²) >= 11 is 0. The third-order valence-corrected chi connectivity index (χ3v) is 4.67. The van der Waals surface area contributed by atoms with E-state index in [4.69, 9.17) is 4.74 Å². The van der Waals surface area contributed by atoms with Gasteiger partial charge in [0.05, 0.1) is 6.61 Å². The van der Waals surface area contributed by atoms with E-state index in [0.29, 0.717) is 13.2 Å². The predicted octanol–water partition coefficient (Wildman–Crippen LogP) is 3.08. The van der Waals surface area contributed by atoms with Gasteiger partial charge in [0.2, 0.25) is 5.95 Å². The number of nitrogens with one attached hydrogen (secondary N) is 1. The van der Waals surface area contributed by atoms with Crippen molar-refractivity contribution in [3.8, 4) is 5.75 Å². The highest BCUT2D eigenvalue weighted by atomic mass is 19.1. The van der Waals surface area contributed by atoms with E-state index in [2.05, 4.69) is 20.2 Å². The van der Waals surface area contributed by atoms with Crippen LogP contribution in [0.3, 0.4) is 0 Å². The van der Waals surface area contributed by atoms with Gasteiger partial charge in [-0.1, -0.05) is 6.07 Å². The summed E-state index contributed by atoms with van der Waals surface area (Å²) in [6, 6.07) is 6.86. The molecule has 1 aliphatic heterocycles. The van der Waals surface area contributed by atoms with Crippen molar-refractivity contribution in [3.63, 3.8) is 0 Å². The fraction of sp³-hybridized carbons (Fsp3) is 0.444. The SMILES string of the molecule is CCOc1ccc(CNc2ccnc(N3CC4CC4C3)n2)cc1F. The fourth-order valence-electron chi connectivity index (χ4n) is 3.28. The van der Waals surface area contributed by atoms with Gasteiger partial charge in [0.1, 0.15) is 5.82 Å². The number of fused-ring (bicyclic) bond motifs is 1. The average Bonchev–Trinajstić information content (AvgIpc) is 3.21. The summed E-state index contributed by atoms with van der Waals surface area (Å²) in [5, 5.41) is 3.24. The number of aromatic nitrogens is 2. The van der Waals surface area contributed by atoms with E-state index in [9.17, 15) is 4.39 Å². The van der Waals surface area contributed by atoms with Gasteiger partial charge < -0.3 is 15.0 Å². The maximum absolute atomic E-state index is 13.9. The number of nitrogens with zero attached hydrogens (tertiary/aromatic N) is 3. The van der Waals surface area contributed by atoms with Gasteiger partial charge in [-0.05, 0) is 48.9 Å². The zero-order valence-electron chi connectivity index (χ0n) is 13.7. The third-order valence-electron chi connectivity index (χ3n) is 4.67. The van der Waals surface area contributed by atoms with Crippen LogP contribution in [0, 0.1) is 17.7 Å². The second-order valence-corrected chi connectivity index (χ2v) is 6.45. The highest BCUT2D eigenvalue weighted by molar-refractivity contribution is 5.43. The van der Waals surface area contributed by atoms with Crippen LogP contribution in [0.25, 0.3) is 0 Å².